The summed E-state index contributed by atoms with van der Waals surface area (Å²) in [5.74, 6) is 0. The number of aromatic nitrogens is 1. The maximum absolute atomic E-state index is 10.7. The van der Waals surface area contributed by atoms with Crippen LogP contribution in [-0.4, -0.2) is 16.5 Å². The van der Waals surface area contributed by atoms with E-state index in [1.807, 2.05) is 12.1 Å². The topological polar surface area (TPSA) is 68.1 Å². The Morgan fingerprint density at radius 1 is 1.20 bits per heavy atom. The van der Waals surface area contributed by atoms with Crippen LogP contribution in [0.4, 0.5) is 11.4 Å². The highest BCUT2D eigenvalue weighted by Gasteiger charge is 2.14. The lowest BCUT2D eigenvalue weighted by Crippen LogP contribution is -2.06. The second-order valence-corrected chi connectivity index (χ2v) is 4.89. The number of nitro groups is 1. The fourth-order valence-corrected chi connectivity index (χ4v) is 2.32. The molecule has 0 aliphatic rings. The molecule has 1 aromatic carbocycles. The number of anilines is 1. The molecule has 1 aromatic heterocycles. The SMILES string of the molecule is O=[N+]([O-])c1cc(Cl)c(NCCc2ccncc2)c(Cl)c1. The van der Waals surface area contributed by atoms with E-state index in [9.17, 15) is 10.1 Å². The number of nitrogens with one attached hydrogen (secondary N) is 1. The molecule has 2 rings (SSSR count). The number of rotatable bonds is 5. The van der Waals surface area contributed by atoms with E-state index in [1.165, 1.54) is 12.1 Å². The van der Waals surface area contributed by atoms with Crippen molar-refractivity contribution < 1.29 is 4.92 Å². The van der Waals surface area contributed by atoms with Gasteiger partial charge in [-0.2, -0.15) is 0 Å². The average Bonchev–Trinajstić information content (AvgIpc) is 2.42. The summed E-state index contributed by atoms with van der Waals surface area (Å²) in [6.07, 6.45) is 4.22. The average molecular weight is 312 g/mol. The number of halogens is 2. The first kappa shape index (κ1) is 14.6. The lowest BCUT2D eigenvalue weighted by molar-refractivity contribution is -0.384. The lowest BCUT2D eigenvalue weighted by atomic mass is 10.2. The van der Waals surface area contributed by atoms with Crippen LogP contribution in [0.1, 0.15) is 5.56 Å². The second-order valence-electron chi connectivity index (χ2n) is 4.07. The molecular weight excluding hydrogens is 301 g/mol. The van der Waals surface area contributed by atoms with Gasteiger partial charge in [0.2, 0.25) is 0 Å². The van der Waals surface area contributed by atoms with Gasteiger partial charge in [0.15, 0.2) is 0 Å². The van der Waals surface area contributed by atoms with Gasteiger partial charge in [-0.05, 0) is 24.1 Å². The number of nitrogens with zero attached hydrogens (tertiary/aromatic N) is 2. The molecule has 0 aliphatic heterocycles. The van der Waals surface area contributed by atoms with E-state index < -0.39 is 4.92 Å². The van der Waals surface area contributed by atoms with Crippen molar-refractivity contribution in [3.05, 3.63) is 62.4 Å². The fraction of sp³-hybridized carbons (Fsp3) is 0.154. The molecule has 0 saturated heterocycles. The summed E-state index contributed by atoms with van der Waals surface area (Å²) < 4.78 is 0. The highest BCUT2D eigenvalue weighted by Crippen LogP contribution is 2.34. The van der Waals surface area contributed by atoms with Crippen molar-refractivity contribution in [2.75, 3.05) is 11.9 Å². The van der Waals surface area contributed by atoms with E-state index in [0.717, 1.165) is 12.0 Å². The van der Waals surface area contributed by atoms with Gasteiger partial charge in [-0.3, -0.25) is 15.1 Å². The highest BCUT2D eigenvalue weighted by atomic mass is 35.5. The van der Waals surface area contributed by atoms with Crippen LogP contribution in [0.2, 0.25) is 10.0 Å². The van der Waals surface area contributed by atoms with Gasteiger partial charge in [0.1, 0.15) is 0 Å². The molecule has 0 saturated carbocycles. The van der Waals surface area contributed by atoms with E-state index in [4.69, 9.17) is 23.2 Å². The minimum absolute atomic E-state index is 0.125. The normalized spacial score (nSPS) is 10.3. The summed E-state index contributed by atoms with van der Waals surface area (Å²) in [5.41, 5.74) is 1.51. The summed E-state index contributed by atoms with van der Waals surface area (Å²) in [6.45, 7) is 0.612. The van der Waals surface area contributed by atoms with Crippen LogP contribution in [-0.2, 0) is 6.42 Å². The molecule has 0 spiro atoms. The zero-order chi connectivity index (χ0) is 14.5. The Kier molecular flexibility index (Phi) is 4.76. The maximum atomic E-state index is 10.7. The molecule has 5 nitrogen and oxygen atoms in total. The van der Waals surface area contributed by atoms with E-state index in [0.29, 0.717) is 12.2 Å². The van der Waals surface area contributed by atoms with E-state index in [-0.39, 0.29) is 15.7 Å². The third kappa shape index (κ3) is 3.59. The smallest absolute Gasteiger partial charge is 0.272 e. The van der Waals surface area contributed by atoms with Gasteiger partial charge >= 0.3 is 0 Å². The van der Waals surface area contributed by atoms with Gasteiger partial charge in [0.05, 0.1) is 20.7 Å². The maximum Gasteiger partial charge on any atom is 0.272 e. The fourth-order valence-electron chi connectivity index (χ4n) is 1.72. The van der Waals surface area contributed by atoms with E-state index in [1.54, 1.807) is 12.4 Å². The van der Waals surface area contributed by atoms with Gasteiger partial charge in [0.25, 0.3) is 5.69 Å². The third-order valence-electron chi connectivity index (χ3n) is 2.70. The Labute approximate surface area is 125 Å². The summed E-state index contributed by atoms with van der Waals surface area (Å²) in [5, 5.41) is 14.2. The Balaban J connectivity index is 2.05. The Morgan fingerprint density at radius 3 is 2.35 bits per heavy atom. The van der Waals surface area contributed by atoms with Crippen molar-refractivity contribution >= 4 is 34.6 Å². The molecule has 0 radical (unpaired) electrons. The van der Waals surface area contributed by atoms with Crippen molar-refractivity contribution in [1.29, 1.82) is 0 Å². The number of benzene rings is 1. The minimum atomic E-state index is -0.529. The molecule has 0 fully saturated rings. The van der Waals surface area contributed by atoms with Crippen LogP contribution in [0.3, 0.4) is 0 Å². The summed E-state index contributed by atoms with van der Waals surface area (Å²) in [6, 6.07) is 6.39. The van der Waals surface area contributed by atoms with Crippen molar-refractivity contribution in [3.63, 3.8) is 0 Å². The Morgan fingerprint density at radius 2 is 1.80 bits per heavy atom. The molecule has 2 aromatic rings. The Bertz CT molecular complexity index is 597. The summed E-state index contributed by atoms with van der Waals surface area (Å²) in [7, 11) is 0. The second kappa shape index (κ2) is 6.54. The van der Waals surface area contributed by atoms with Crippen LogP contribution in [0, 0.1) is 10.1 Å². The summed E-state index contributed by atoms with van der Waals surface area (Å²) >= 11 is 12.0. The van der Waals surface area contributed by atoms with Crippen LogP contribution < -0.4 is 5.32 Å². The predicted molar refractivity (Wildman–Crippen MR) is 79.5 cm³/mol. The third-order valence-corrected chi connectivity index (χ3v) is 3.30. The standard InChI is InChI=1S/C13H11Cl2N3O2/c14-11-7-10(18(19)20)8-12(15)13(11)17-6-3-9-1-4-16-5-2-9/h1-2,4-5,7-8,17H,3,6H2. The summed E-state index contributed by atoms with van der Waals surface area (Å²) in [4.78, 5) is 14.1. The molecular formula is C13H11Cl2N3O2. The first-order chi connectivity index (χ1) is 9.58. The monoisotopic (exact) mass is 311 g/mol. The molecule has 20 heavy (non-hydrogen) atoms. The molecule has 7 heteroatoms. The molecule has 104 valence electrons. The van der Waals surface area contributed by atoms with Crippen molar-refractivity contribution in [2.24, 2.45) is 0 Å². The van der Waals surface area contributed by atoms with Crippen LogP contribution in [0.5, 0.6) is 0 Å². The molecule has 1 N–H and O–H groups in total. The molecule has 1 heterocycles. The van der Waals surface area contributed by atoms with Crippen LogP contribution in [0.15, 0.2) is 36.7 Å². The number of non-ortho nitro benzene ring substituents is 1. The van der Waals surface area contributed by atoms with Crippen LogP contribution in [0.25, 0.3) is 0 Å². The molecule has 0 aliphatic carbocycles. The van der Waals surface area contributed by atoms with Gasteiger partial charge < -0.3 is 5.32 Å². The zero-order valence-electron chi connectivity index (χ0n) is 10.3. The van der Waals surface area contributed by atoms with E-state index in [2.05, 4.69) is 10.3 Å². The van der Waals surface area contributed by atoms with E-state index >= 15 is 0 Å². The molecule has 0 unspecified atom stereocenters. The number of hydrogen-bond acceptors (Lipinski definition) is 4. The minimum Gasteiger partial charge on any atom is -0.382 e. The first-order valence-corrected chi connectivity index (χ1v) is 6.59. The van der Waals surface area contributed by atoms with Gasteiger partial charge in [-0.15, -0.1) is 0 Å². The van der Waals surface area contributed by atoms with Crippen molar-refractivity contribution in [1.82, 2.24) is 4.98 Å². The van der Waals surface area contributed by atoms with Crippen molar-refractivity contribution in [3.8, 4) is 0 Å². The number of nitro benzene ring substituents is 1. The van der Waals surface area contributed by atoms with Gasteiger partial charge in [0, 0.05) is 31.1 Å². The molecule has 0 amide bonds. The van der Waals surface area contributed by atoms with Gasteiger partial charge in [-0.25, -0.2) is 0 Å². The molecule has 0 atom stereocenters. The molecule has 0 bridgehead atoms. The quantitative estimate of drug-likeness (QED) is 0.670. The lowest BCUT2D eigenvalue weighted by Gasteiger charge is -2.10. The van der Waals surface area contributed by atoms with Crippen molar-refractivity contribution in [2.45, 2.75) is 6.42 Å². The van der Waals surface area contributed by atoms with Crippen LogP contribution >= 0.6 is 23.2 Å². The highest BCUT2D eigenvalue weighted by molar-refractivity contribution is 6.39. The van der Waals surface area contributed by atoms with Gasteiger partial charge in [-0.1, -0.05) is 23.2 Å². The number of pyridine rings is 1. The largest absolute Gasteiger partial charge is 0.382 e. The first-order valence-electron chi connectivity index (χ1n) is 5.84. The zero-order valence-corrected chi connectivity index (χ0v) is 11.9. The number of hydrogen-bond donors (Lipinski definition) is 1. The Hall–Kier alpha value is -1.85. The predicted octanol–water partition coefficient (Wildman–Crippen LogP) is 3.95.